The molecule has 28 heavy (non-hydrogen) atoms. The fourth-order valence-corrected chi connectivity index (χ4v) is 4.31. The van der Waals surface area contributed by atoms with Gasteiger partial charge in [-0.2, -0.15) is 0 Å². The third-order valence-corrected chi connectivity index (χ3v) is 5.93. The Bertz CT molecular complexity index is 1170. The highest BCUT2D eigenvalue weighted by molar-refractivity contribution is 9.10. The maximum atomic E-state index is 13.5. The van der Waals surface area contributed by atoms with E-state index in [0.29, 0.717) is 0 Å². The zero-order valence-electron chi connectivity index (χ0n) is 15.2. The standard InChI is InChI=1S/C25H18BrNO/c26-20-12-10-18(11-13-20)22-16-23-21-9-5-4-6-17(21)14-15-27(23)24(22)25(28)19-7-2-1-3-8-19/h1-13,16H,14-15H2. The van der Waals surface area contributed by atoms with E-state index < -0.39 is 0 Å². The van der Waals surface area contributed by atoms with Crippen molar-refractivity contribution >= 4 is 21.7 Å². The summed E-state index contributed by atoms with van der Waals surface area (Å²) in [6.45, 7) is 0.816. The van der Waals surface area contributed by atoms with Gasteiger partial charge in [0.15, 0.2) is 0 Å². The lowest BCUT2D eigenvalue weighted by atomic mass is 9.98. The minimum Gasteiger partial charge on any atom is -0.337 e. The van der Waals surface area contributed by atoms with Crippen molar-refractivity contribution in [2.45, 2.75) is 13.0 Å². The first-order valence-electron chi connectivity index (χ1n) is 9.40. The number of ketones is 1. The summed E-state index contributed by atoms with van der Waals surface area (Å²) in [5.74, 6) is 0.0733. The highest BCUT2D eigenvalue weighted by atomic mass is 79.9. The molecule has 1 aliphatic heterocycles. The summed E-state index contributed by atoms with van der Waals surface area (Å²) in [6.07, 6.45) is 0.937. The van der Waals surface area contributed by atoms with Crippen LogP contribution in [-0.4, -0.2) is 10.4 Å². The van der Waals surface area contributed by atoms with Gasteiger partial charge in [-0.3, -0.25) is 4.79 Å². The number of fused-ring (bicyclic) bond motifs is 3. The number of aryl methyl sites for hydroxylation is 1. The zero-order chi connectivity index (χ0) is 19.1. The van der Waals surface area contributed by atoms with Gasteiger partial charge in [-0.25, -0.2) is 0 Å². The Labute approximate surface area is 172 Å². The van der Waals surface area contributed by atoms with Crippen LogP contribution in [0.1, 0.15) is 21.6 Å². The molecule has 0 saturated carbocycles. The summed E-state index contributed by atoms with van der Waals surface area (Å²) in [7, 11) is 0. The molecule has 0 radical (unpaired) electrons. The van der Waals surface area contributed by atoms with E-state index in [9.17, 15) is 4.79 Å². The van der Waals surface area contributed by atoms with Crippen LogP contribution in [0, 0.1) is 0 Å². The first kappa shape index (κ1) is 17.2. The number of carbonyl (C=O) groups is 1. The van der Waals surface area contributed by atoms with Crippen molar-refractivity contribution in [3.05, 3.63) is 106 Å². The van der Waals surface area contributed by atoms with Crippen molar-refractivity contribution in [1.82, 2.24) is 4.57 Å². The first-order chi connectivity index (χ1) is 13.7. The van der Waals surface area contributed by atoms with E-state index >= 15 is 0 Å². The maximum Gasteiger partial charge on any atom is 0.210 e. The molecule has 3 heteroatoms. The molecule has 0 atom stereocenters. The second-order valence-corrected chi connectivity index (χ2v) is 7.97. The Morgan fingerprint density at radius 3 is 2.32 bits per heavy atom. The molecule has 1 aromatic heterocycles. The maximum absolute atomic E-state index is 13.5. The van der Waals surface area contributed by atoms with Crippen molar-refractivity contribution in [2.75, 3.05) is 0 Å². The molecule has 0 N–H and O–H groups in total. The lowest BCUT2D eigenvalue weighted by molar-refractivity contribution is 0.103. The average molecular weight is 428 g/mol. The van der Waals surface area contributed by atoms with Gasteiger partial charge in [-0.1, -0.05) is 82.7 Å². The molecule has 0 unspecified atom stereocenters. The van der Waals surface area contributed by atoms with Gasteiger partial charge in [0, 0.05) is 33.4 Å². The van der Waals surface area contributed by atoms with E-state index in [4.69, 9.17) is 0 Å². The van der Waals surface area contributed by atoms with Gasteiger partial charge in [0.2, 0.25) is 5.78 Å². The van der Waals surface area contributed by atoms with E-state index in [-0.39, 0.29) is 5.78 Å². The van der Waals surface area contributed by atoms with Gasteiger partial charge in [0.05, 0.1) is 5.69 Å². The Balaban J connectivity index is 1.76. The lowest BCUT2D eigenvalue weighted by Crippen LogP contribution is -2.17. The minimum atomic E-state index is 0.0733. The van der Waals surface area contributed by atoms with Crippen LogP contribution in [0.5, 0.6) is 0 Å². The Morgan fingerprint density at radius 2 is 1.54 bits per heavy atom. The fourth-order valence-electron chi connectivity index (χ4n) is 4.05. The number of aromatic nitrogens is 1. The highest BCUT2D eigenvalue weighted by Crippen LogP contribution is 2.38. The van der Waals surface area contributed by atoms with E-state index in [2.05, 4.69) is 63.0 Å². The van der Waals surface area contributed by atoms with Crippen LogP contribution in [0.4, 0.5) is 0 Å². The number of rotatable bonds is 3. The molecule has 136 valence electrons. The monoisotopic (exact) mass is 427 g/mol. The van der Waals surface area contributed by atoms with Gasteiger partial charge in [-0.05, 0) is 35.7 Å². The normalized spacial score (nSPS) is 12.3. The quantitative estimate of drug-likeness (QED) is 0.348. The molecule has 5 rings (SSSR count). The molecule has 4 aromatic rings. The molecule has 3 aromatic carbocycles. The second kappa shape index (κ2) is 6.92. The van der Waals surface area contributed by atoms with Crippen molar-refractivity contribution in [3.63, 3.8) is 0 Å². The van der Waals surface area contributed by atoms with Crippen LogP contribution in [0.3, 0.4) is 0 Å². The van der Waals surface area contributed by atoms with Crippen LogP contribution >= 0.6 is 15.9 Å². The number of benzene rings is 3. The molecule has 2 nitrogen and oxygen atoms in total. The summed E-state index contributed by atoms with van der Waals surface area (Å²) < 4.78 is 3.23. The lowest BCUT2D eigenvalue weighted by Gasteiger charge is -2.21. The minimum absolute atomic E-state index is 0.0733. The molecule has 2 heterocycles. The predicted octanol–water partition coefficient (Wildman–Crippen LogP) is 6.37. The topological polar surface area (TPSA) is 22.0 Å². The zero-order valence-corrected chi connectivity index (χ0v) is 16.8. The second-order valence-electron chi connectivity index (χ2n) is 7.05. The first-order valence-corrected chi connectivity index (χ1v) is 10.2. The summed E-state index contributed by atoms with van der Waals surface area (Å²) in [6, 6.07) is 28.4. The predicted molar refractivity (Wildman–Crippen MR) is 117 cm³/mol. The smallest absolute Gasteiger partial charge is 0.210 e. The van der Waals surface area contributed by atoms with Crippen molar-refractivity contribution in [1.29, 1.82) is 0 Å². The molecule has 0 spiro atoms. The molecule has 0 saturated heterocycles. The summed E-state index contributed by atoms with van der Waals surface area (Å²) in [5, 5.41) is 0. The molecule has 0 bridgehead atoms. The number of carbonyl (C=O) groups excluding carboxylic acids is 1. The highest BCUT2D eigenvalue weighted by Gasteiger charge is 2.26. The van der Waals surface area contributed by atoms with E-state index in [1.165, 1.54) is 11.1 Å². The average Bonchev–Trinajstić information content (AvgIpc) is 3.14. The summed E-state index contributed by atoms with van der Waals surface area (Å²) >= 11 is 3.51. The molecule has 0 aliphatic carbocycles. The van der Waals surface area contributed by atoms with Gasteiger partial charge >= 0.3 is 0 Å². The van der Waals surface area contributed by atoms with Crippen LogP contribution in [0.15, 0.2) is 89.4 Å². The molecule has 1 aliphatic rings. The van der Waals surface area contributed by atoms with Gasteiger partial charge in [0.1, 0.15) is 0 Å². The third-order valence-electron chi connectivity index (χ3n) is 5.40. The molecular weight excluding hydrogens is 410 g/mol. The molecule has 0 amide bonds. The fraction of sp³-hybridized carbons (Fsp3) is 0.0800. The largest absolute Gasteiger partial charge is 0.337 e. The van der Waals surface area contributed by atoms with Crippen LogP contribution in [-0.2, 0) is 13.0 Å². The Hall–Kier alpha value is -2.91. The summed E-state index contributed by atoms with van der Waals surface area (Å²) in [5.41, 5.74) is 7.24. The third kappa shape index (κ3) is 2.83. The van der Waals surface area contributed by atoms with Crippen molar-refractivity contribution < 1.29 is 4.79 Å². The number of halogens is 1. The van der Waals surface area contributed by atoms with Crippen LogP contribution < -0.4 is 0 Å². The van der Waals surface area contributed by atoms with Crippen molar-refractivity contribution in [3.8, 4) is 22.4 Å². The molecular formula is C25H18BrNO. The summed E-state index contributed by atoms with van der Waals surface area (Å²) in [4.78, 5) is 13.5. The van der Waals surface area contributed by atoms with Gasteiger partial charge < -0.3 is 4.57 Å². The molecule has 0 fully saturated rings. The SMILES string of the molecule is O=C(c1ccccc1)c1c(-c2ccc(Br)cc2)cc2n1CCc1ccccc1-2. The van der Waals surface area contributed by atoms with Crippen LogP contribution in [0.2, 0.25) is 0 Å². The van der Waals surface area contributed by atoms with E-state index in [0.717, 1.165) is 45.5 Å². The van der Waals surface area contributed by atoms with E-state index in [1.807, 2.05) is 42.5 Å². The van der Waals surface area contributed by atoms with E-state index in [1.54, 1.807) is 0 Å². The van der Waals surface area contributed by atoms with Crippen molar-refractivity contribution in [2.24, 2.45) is 0 Å². The number of hydrogen-bond acceptors (Lipinski definition) is 1. The number of nitrogens with zero attached hydrogens (tertiary/aromatic N) is 1. The van der Waals surface area contributed by atoms with Crippen LogP contribution in [0.25, 0.3) is 22.4 Å². The Morgan fingerprint density at radius 1 is 0.821 bits per heavy atom. The van der Waals surface area contributed by atoms with Gasteiger partial charge in [0.25, 0.3) is 0 Å². The number of hydrogen-bond donors (Lipinski definition) is 0. The van der Waals surface area contributed by atoms with Gasteiger partial charge in [-0.15, -0.1) is 0 Å². The Kier molecular flexibility index (Phi) is 4.25.